The topological polar surface area (TPSA) is 67.5 Å². The summed E-state index contributed by atoms with van der Waals surface area (Å²) in [5.74, 6) is 0. The number of non-ortho nitro benzene ring substituents is 1. The molecule has 0 aromatic heterocycles. The van der Waals surface area contributed by atoms with Crippen LogP contribution in [0, 0.1) is 24.0 Å². The molecule has 0 fully saturated rings. The van der Waals surface area contributed by atoms with Crippen LogP contribution in [0.15, 0.2) is 47.6 Å². The first-order valence-electron chi connectivity index (χ1n) is 6.17. The SMILES string of the molecule is Cc1ccc(N/N=C/c2ccc([N+](=O)[O-])cc2)c(C)c1. The van der Waals surface area contributed by atoms with E-state index in [-0.39, 0.29) is 5.69 Å². The summed E-state index contributed by atoms with van der Waals surface area (Å²) in [6.07, 6.45) is 1.63. The Kier molecular flexibility index (Phi) is 4.10. The van der Waals surface area contributed by atoms with Crippen molar-refractivity contribution in [2.45, 2.75) is 13.8 Å². The molecule has 0 aliphatic heterocycles. The van der Waals surface area contributed by atoms with Crippen LogP contribution < -0.4 is 5.43 Å². The van der Waals surface area contributed by atoms with Gasteiger partial charge in [-0.2, -0.15) is 5.10 Å². The van der Waals surface area contributed by atoms with Gasteiger partial charge in [0.15, 0.2) is 0 Å². The van der Waals surface area contributed by atoms with E-state index in [1.165, 1.54) is 17.7 Å². The van der Waals surface area contributed by atoms with Crippen LogP contribution >= 0.6 is 0 Å². The van der Waals surface area contributed by atoms with Gasteiger partial charge in [-0.1, -0.05) is 17.7 Å². The number of nitrogens with one attached hydrogen (secondary N) is 1. The zero-order chi connectivity index (χ0) is 14.5. The van der Waals surface area contributed by atoms with Crippen molar-refractivity contribution in [3.05, 3.63) is 69.3 Å². The third-order valence-electron chi connectivity index (χ3n) is 2.88. The number of rotatable bonds is 4. The van der Waals surface area contributed by atoms with E-state index in [2.05, 4.69) is 16.6 Å². The van der Waals surface area contributed by atoms with Gasteiger partial charge in [-0.15, -0.1) is 0 Å². The molecule has 102 valence electrons. The molecule has 2 aromatic carbocycles. The molecule has 0 heterocycles. The van der Waals surface area contributed by atoms with Crippen LogP contribution in [0.5, 0.6) is 0 Å². The van der Waals surface area contributed by atoms with Gasteiger partial charge in [-0.3, -0.25) is 15.5 Å². The van der Waals surface area contributed by atoms with Crippen molar-refractivity contribution >= 4 is 17.6 Å². The van der Waals surface area contributed by atoms with E-state index in [9.17, 15) is 10.1 Å². The molecule has 0 radical (unpaired) electrons. The summed E-state index contributed by atoms with van der Waals surface area (Å²) in [6.45, 7) is 4.05. The summed E-state index contributed by atoms with van der Waals surface area (Å²) in [5.41, 5.74) is 7.09. The first kappa shape index (κ1) is 13.7. The lowest BCUT2D eigenvalue weighted by atomic mass is 10.1. The number of nitro benzene ring substituents is 1. The van der Waals surface area contributed by atoms with Gasteiger partial charge in [0.05, 0.1) is 16.8 Å². The Morgan fingerprint density at radius 3 is 2.45 bits per heavy atom. The second-order valence-electron chi connectivity index (χ2n) is 4.54. The fraction of sp³-hybridized carbons (Fsp3) is 0.133. The zero-order valence-electron chi connectivity index (χ0n) is 11.3. The predicted octanol–water partition coefficient (Wildman–Crippen LogP) is 3.66. The van der Waals surface area contributed by atoms with Crippen LogP contribution in [0.4, 0.5) is 11.4 Å². The first-order valence-corrected chi connectivity index (χ1v) is 6.17. The number of anilines is 1. The van der Waals surface area contributed by atoms with E-state index in [1.807, 2.05) is 26.0 Å². The number of nitrogens with zero attached hydrogens (tertiary/aromatic N) is 2. The van der Waals surface area contributed by atoms with Gasteiger partial charge in [0, 0.05) is 12.1 Å². The maximum absolute atomic E-state index is 10.5. The summed E-state index contributed by atoms with van der Waals surface area (Å²) < 4.78 is 0. The van der Waals surface area contributed by atoms with Crippen molar-refractivity contribution < 1.29 is 4.92 Å². The minimum absolute atomic E-state index is 0.0736. The molecule has 0 unspecified atom stereocenters. The smallest absolute Gasteiger partial charge is 0.269 e. The molecule has 0 atom stereocenters. The molecule has 0 amide bonds. The third-order valence-corrected chi connectivity index (χ3v) is 2.88. The first-order chi connectivity index (χ1) is 9.56. The quantitative estimate of drug-likeness (QED) is 0.523. The van der Waals surface area contributed by atoms with Gasteiger partial charge >= 0.3 is 0 Å². The van der Waals surface area contributed by atoms with Crippen LogP contribution in [0.3, 0.4) is 0 Å². The summed E-state index contributed by atoms with van der Waals surface area (Å²) in [6, 6.07) is 12.3. The average Bonchev–Trinajstić information content (AvgIpc) is 2.42. The highest BCUT2D eigenvalue weighted by atomic mass is 16.6. The van der Waals surface area contributed by atoms with E-state index in [4.69, 9.17) is 0 Å². The molecule has 5 nitrogen and oxygen atoms in total. The lowest BCUT2D eigenvalue weighted by Crippen LogP contribution is -1.94. The fourth-order valence-electron chi connectivity index (χ4n) is 1.80. The van der Waals surface area contributed by atoms with Crippen molar-refractivity contribution in [2.24, 2.45) is 5.10 Å². The van der Waals surface area contributed by atoms with E-state index >= 15 is 0 Å². The molecule has 2 rings (SSSR count). The summed E-state index contributed by atoms with van der Waals surface area (Å²) >= 11 is 0. The van der Waals surface area contributed by atoms with Gasteiger partial charge < -0.3 is 0 Å². The lowest BCUT2D eigenvalue weighted by molar-refractivity contribution is -0.384. The van der Waals surface area contributed by atoms with Crippen LogP contribution in [-0.2, 0) is 0 Å². The predicted molar refractivity (Wildman–Crippen MR) is 80.2 cm³/mol. The van der Waals surface area contributed by atoms with Gasteiger partial charge in [0.2, 0.25) is 0 Å². The molecule has 2 aromatic rings. The number of aryl methyl sites for hydroxylation is 2. The Bertz CT molecular complexity index is 649. The highest BCUT2D eigenvalue weighted by Gasteiger charge is 2.02. The maximum Gasteiger partial charge on any atom is 0.269 e. The van der Waals surface area contributed by atoms with Crippen molar-refractivity contribution in [1.82, 2.24) is 0 Å². The fourth-order valence-corrected chi connectivity index (χ4v) is 1.80. The Balaban J connectivity index is 2.04. The molecule has 0 aliphatic rings. The third kappa shape index (κ3) is 3.41. The van der Waals surface area contributed by atoms with Crippen molar-refractivity contribution in [2.75, 3.05) is 5.43 Å². The summed E-state index contributed by atoms with van der Waals surface area (Å²) in [7, 11) is 0. The average molecular weight is 269 g/mol. The highest BCUT2D eigenvalue weighted by Crippen LogP contribution is 2.16. The molecule has 0 saturated carbocycles. The molecular weight excluding hydrogens is 254 g/mol. The van der Waals surface area contributed by atoms with Gasteiger partial charge in [-0.25, -0.2) is 0 Å². The van der Waals surface area contributed by atoms with Crippen molar-refractivity contribution in [1.29, 1.82) is 0 Å². The number of hydrogen-bond acceptors (Lipinski definition) is 4. The number of benzene rings is 2. The zero-order valence-corrected chi connectivity index (χ0v) is 11.3. The Morgan fingerprint density at radius 2 is 1.85 bits per heavy atom. The Labute approximate surface area is 117 Å². The van der Waals surface area contributed by atoms with Crippen LogP contribution in [-0.4, -0.2) is 11.1 Å². The molecule has 1 N–H and O–H groups in total. The molecule has 20 heavy (non-hydrogen) atoms. The molecular formula is C15H15N3O2. The summed E-state index contributed by atoms with van der Waals surface area (Å²) in [5, 5.41) is 14.7. The minimum Gasteiger partial charge on any atom is -0.278 e. The molecule has 0 bridgehead atoms. The monoisotopic (exact) mass is 269 g/mol. The molecule has 0 spiro atoms. The molecule has 0 aliphatic carbocycles. The van der Waals surface area contributed by atoms with Gasteiger partial charge in [0.1, 0.15) is 0 Å². The van der Waals surface area contributed by atoms with E-state index in [0.717, 1.165) is 16.8 Å². The van der Waals surface area contributed by atoms with E-state index < -0.39 is 4.92 Å². The number of nitro groups is 1. The van der Waals surface area contributed by atoms with Gasteiger partial charge in [0.25, 0.3) is 5.69 Å². The second kappa shape index (κ2) is 5.97. The molecule has 5 heteroatoms. The van der Waals surface area contributed by atoms with E-state index in [1.54, 1.807) is 18.3 Å². The van der Waals surface area contributed by atoms with Crippen molar-refractivity contribution in [3.63, 3.8) is 0 Å². The van der Waals surface area contributed by atoms with Crippen LogP contribution in [0.25, 0.3) is 0 Å². The van der Waals surface area contributed by atoms with E-state index in [0.29, 0.717) is 0 Å². The Morgan fingerprint density at radius 1 is 1.15 bits per heavy atom. The molecule has 0 saturated heterocycles. The highest BCUT2D eigenvalue weighted by molar-refractivity contribution is 5.80. The van der Waals surface area contributed by atoms with Crippen LogP contribution in [0.2, 0.25) is 0 Å². The largest absolute Gasteiger partial charge is 0.278 e. The normalized spacial score (nSPS) is 10.7. The lowest BCUT2D eigenvalue weighted by Gasteiger charge is -2.05. The number of hydrazone groups is 1. The maximum atomic E-state index is 10.5. The minimum atomic E-state index is -0.422. The summed E-state index contributed by atoms with van der Waals surface area (Å²) in [4.78, 5) is 10.1. The second-order valence-corrected chi connectivity index (χ2v) is 4.54. The number of hydrogen-bond donors (Lipinski definition) is 1. The standard InChI is InChI=1S/C15H15N3O2/c1-11-3-8-15(12(2)9-11)17-16-10-13-4-6-14(7-5-13)18(19)20/h3-10,17H,1-2H3/b16-10+. The van der Waals surface area contributed by atoms with Gasteiger partial charge in [-0.05, 0) is 43.2 Å². The van der Waals surface area contributed by atoms with Crippen LogP contribution in [0.1, 0.15) is 16.7 Å². The van der Waals surface area contributed by atoms with Crippen molar-refractivity contribution in [3.8, 4) is 0 Å². The Hall–Kier alpha value is -2.69.